The Balaban J connectivity index is 1.96. The molecule has 82 valence electrons. The van der Waals surface area contributed by atoms with E-state index in [9.17, 15) is 4.79 Å². The second kappa shape index (κ2) is 3.30. The van der Waals surface area contributed by atoms with Crippen LogP contribution in [0.15, 0.2) is 16.8 Å². The molecule has 16 heavy (non-hydrogen) atoms. The number of nitrogens with one attached hydrogen (secondary N) is 1. The van der Waals surface area contributed by atoms with Crippen molar-refractivity contribution in [2.24, 2.45) is 0 Å². The Hall–Kier alpha value is -1.91. The van der Waals surface area contributed by atoms with Crippen LogP contribution in [0, 0.1) is 6.92 Å². The van der Waals surface area contributed by atoms with Crippen LogP contribution < -0.4 is 5.32 Å². The zero-order chi connectivity index (χ0) is 11.1. The van der Waals surface area contributed by atoms with Gasteiger partial charge in [-0.1, -0.05) is 5.16 Å². The Bertz CT molecular complexity index is 557. The number of aryl methyl sites for hydroxylation is 1. The van der Waals surface area contributed by atoms with E-state index < -0.39 is 0 Å². The highest BCUT2D eigenvalue weighted by molar-refractivity contribution is 5.97. The van der Waals surface area contributed by atoms with E-state index in [4.69, 9.17) is 4.52 Å². The third-order valence-corrected chi connectivity index (χ3v) is 2.68. The van der Waals surface area contributed by atoms with Gasteiger partial charge < -0.3 is 9.84 Å². The molecular formula is C11H11N3O2. The van der Waals surface area contributed by atoms with Crippen molar-refractivity contribution in [2.75, 3.05) is 0 Å². The van der Waals surface area contributed by atoms with Crippen LogP contribution >= 0.6 is 0 Å². The molecule has 0 unspecified atom stereocenters. The second-order valence-electron chi connectivity index (χ2n) is 4.09. The van der Waals surface area contributed by atoms with E-state index in [1.807, 2.05) is 6.92 Å². The van der Waals surface area contributed by atoms with E-state index in [0.29, 0.717) is 17.3 Å². The van der Waals surface area contributed by atoms with Crippen LogP contribution in [-0.2, 0) is 0 Å². The molecule has 1 amide bonds. The minimum Gasteiger partial charge on any atom is -0.349 e. The van der Waals surface area contributed by atoms with Crippen molar-refractivity contribution in [3.05, 3.63) is 23.5 Å². The fourth-order valence-electron chi connectivity index (χ4n) is 1.57. The molecule has 0 saturated heterocycles. The van der Waals surface area contributed by atoms with Crippen LogP contribution in [-0.4, -0.2) is 22.1 Å². The number of nitrogens with zero attached hydrogens (tertiary/aromatic N) is 2. The summed E-state index contributed by atoms with van der Waals surface area (Å²) in [5, 5.41) is 7.51. The summed E-state index contributed by atoms with van der Waals surface area (Å²) >= 11 is 0. The van der Waals surface area contributed by atoms with Gasteiger partial charge in [0.1, 0.15) is 0 Å². The molecule has 0 bridgehead atoms. The number of carbonyl (C=O) groups is 1. The van der Waals surface area contributed by atoms with E-state index in [-0.39, 0.29) is 5.91 Å². The zero-order valence-electron chi connectivity index (χ0n) is 8.86. The molecule has 5 nitrogen and oxygen atoms in total. The van der Waals surface area contributed by atoms with Crippen molar-refractivity contribution in [1.82, 2.24) is 15.5 Å². The summed E-state index contributed by atoms with van der Waals surface area (Å²) in [5.74, 6) is -0.0718. The van der Waals surface area contributed by atoms with Gasteiger partial charge in [0.05, 0.1) is 16.6 Å². The number of rotatable bonds is 2. The van der Waals surface area contributed by atoms with Crippen molar-refractivity contribution >= 4 is 17.0 Å². The molecule has 0 spiro atoms. The largest absolute Gasteiger partial charge is 0.349 e. The third kappa shape index (κ3) is 1.54. The van der Waals surface area contributed by atoms with Gasteiger partial charge in [-0.3, -0.25) is 4.79 Å². The molecule has 1 saturated carbocycles. The van der Waals surface area contributed by atoms with E-state index in [1.165, 1.54) is 6.20 Å². The number of fused-ring (bicyclic) bond motifs is 1. The monoisotopic (exact) mass is 217 g/mol. The Labute approximate surface area is 91.8 Å². The second-order valence-corrected chi connectivity index (χ2v) is 4.09. The van der Waals surface area contributed by atoms with Gasteiger partial charge >= 0.3 is 0 Å². The number of carbonyl (C=O) groups excluding carboxylic acids is 1. The highest BCUT2D eigenvalue weighted by atomic mass is 16.5. The Morgan fingerprint density at radius 3 is 3.12 bits per heavy atom. The number of hydrogen-bond acceptors (Lipinski definition) is 4. The molecule has 2 aromatic heterocycles. The van der Waals surface area contributed by atoms with Crippen molar-refractivity contribution in [2.45, 2.75) is 25.8 Å². The maximum absolute atomic E-state index is 11.8. The average molecular weight is 217 g/mol. The lowest BCUT2D eigenvalue weighted by Gasteiger charge is -2.01. The zero-order valence-corrected chi connectivity index (χ0v) is 8.86. The fourth-order valence-corrected chi connectivity index (χ4v) is 1.57. The molecule has 0 aromatic carbocycles. The molecule has 1 aliphatic rings. The maximum atomic E-state index is 11.8. The van der Waals surface area contributed by atoms with E-state index in [1.54, 1.807) is 6.07 Å². The number of aromatic nitrogens is 2. The van der Waals surface area contributed by atoms with E-state index in [2.05, 4.69) is 15.5 Å². The molecule has 0 radical (unpaired) electrons. The van der Waals surface area contributed by atoms with Crippen molar-refractivity contribution in [1.29, 1.82) is 0 Å². The molecule has 0 aliphatic heterocycles. The van der Waals surface area contributed by atoms with Crippen LogP contribution in [0.2, 0.25) is 0 Å². The maximum Gasteiger partial charge on any atom is 0.257 e. The summed E-state index contributed by atoms with van der Waals surface area (Å²) in [5.41, 5.74) is 1.79. The van der Waals surface area contributed by atoms with Crippen LogP contribution in [0.4, 0.5) is 0 Å². The standard InChI is InChI=1S/C11H11N3O2/c1-6-9-4-7(5-12-11(9)16-14-6)10(15)13-8-2-3-8/h4-5,8H,2-3H2,1H3,(H,13,15). The quantitative estimate of drug-likeness (QED) is 0.826. The molecule has 3 rings (SSSR count). The van der Waals surface area contributed by atoms with Gasteiger partial charge in [0.25, 0.3) is 11.6 Å². The van der Waals surface area contributed by atoms with E-state index in [0.717, 1.165) is 23.9 Å². The summed E-state index contributed by atoms with van der Waals surface area (Å²) in [4.78, 5) is 15.8. The Morgan fingerprint density at radius 1 is 1.56 bits per heavy atom. The fraction of sp³-hybridized carbons (Fsp3) is 0.364. The smallest absolute Gasteiger partial charge is 0.257 e. The molecule has 1 aliphatic carbocycles. The summed E-state index contributed by atoms with van der Waals surface area (Å²) < 4.78 is 4.98. The van der Waals surface area contributed by atoms with Gasteiger partial charge in [0, 0.05) is 12.2 Å². The van der Waals surface area contributed by atoms with Crippen molar-refractivity contribution in [3.63, 3.8) is 0 Å². The SMILES string of the molecule is Cc1noc2ncc(C(=O)NC3CC3)cc12. The predicted octanol–water partition coefficient (Wildman–Crippen LogP) is 1.42. The van der Waals surface area contributed by atoms with Gasteiger partial charge in [-0.25, -0.2) is 4.98 Å². The van der Waals surface area contributed by atoms with Gasteiger partial charge in [-0.15, -0.1) is 0 Å². The summed E-state index contributed by atoms with van der Waals surface area (Å²) in [6.45, 7) is 1.83. The summed E-state index contributed by atoms with van der Waals surface area (Å²) in [7, 11) is 0. The Kier molecular flexibility index (Phi) is 1.92. The normalized spacial score (nSPS) is 15.3. The van der Waals surface area contributed by atoms with Crippen molar-refractivity contribution < 1.29 is 9.32 Å². The van der Waals surface area contributed by atoms with Crippen LogP contribution in [0.5, 0.6) is 0 Å². The molecular weight excluding hydrogens is 206 g/mol. The lowest BCUT2D eigenvalue weighted by Crippen LogP contribution is -2.25. The molecule has 1 fully saturated rings. The minimum atomic E-state index is -0.0718. The minimum absolute atomic E-state index is 0.0718. The van der Waals surface area contributed by atoms with Crippen molar-refractivity contribution in [3.8, 4) is 0 Å². The van der Waals surface area contributed by atoms with Gasteiger partial charge in [0.15, 0.2) is 0 Å². The van der Waals surface area contributed by atoms with Gasteiger partial charge in [-0.2, -0.15) is 0 Å². The molecule has 0 atom stereocenters. The first-order chi connectivity index (χ1) is 7.74. The number of pyridine rings is 1. The topological polar surface area (TPSA) is 68.0 Å². The highest BCUT2D eigenvalue weighted by Gasteiger charge is 2.24. The lowest BCUT2D eigenvalue weighted by atomic mass is 10.2. The molecule has 5 heteroatoms. The van der Waals surface area contributed by atoms with Crippen LogP contribution in [0.1, 0.15) is 28.9 Å². The number of hydrogen-bond donors (Lipinski definition) is 1. The van der Waals surface area contributed by atoms with Crippen LogP contribution in [0.3, 0.4) is 0 Å². The lowest BCUT2D eigenvalue weighted by molar-refractivity contribution is 0.0951. The Morgan fingerprint density at radius 2 is 2.38 bits per heavy atom. The third-order valence-electron chi connectivity index (χ3n) is 2.68. The summed E-state index contributed by atoms with van der Waals surface area (Å²) in [6, 6.07) is 2.12. The summed E-state index contributed by atoms with van der Waals surface area (Å²) in [6.07, 6.45) is 3.67. The molecule has 1 N–H and O–H groups in total. The van der Waals surface area contributed by atoms with E-state index >= 15 is 0 Å². The van der Waals surface area contributed by atoms with Crippen LogP contribution in [0.25, 0.3) is 11.1 Å². The molecule has 2 heterocycles. The average Bonchev–Trinajstić information content (AvgIpc) is 3.02. The first-order valence-corrected chi connectivity index (χ1v) is 5.27. The van der Waals surface area contributed by atoms with Gasteiger partial charge in [0.2, 0.25) is 0 Å². The first-order valence-electron chi connectivity index (χ1n) is 5.27. The first kappa shape index (κ1) is 9.33. The predicted molar refractivity (Wildman–Crippen MR) is 57.0 cm³/mol. The molecule has 2 aromatic rings. The van der Waals surface area contributed by atoms with Gasteiger partial charge in [-0.05, 0) is 25.8 Å². The highest BCUT2D eigenvalue weighted by Crippen LogP contribution is 2.20. The number of amides is 1.